The van der Waals surface area contributed by atoms with Gasteiger partial charge in [-0.3, -0.25) is 0 Å². The van der Waals surface area contributed by atoms with Crippen LogP contribution in [0.2, 0.25) is 0 Å². The van der Waals surface area contributed by atoms with Crippen LogP contribution >= 0.6 is 12.2 Å². The molecule has 0 saturated heterocycles. The van der Waals surface area contributed by atoms with Gasteiger partial charge in [-0.25, -0.2) is 0 Å². The van der Waals surface area contributed by atoms with Gasteiger partial charge in [-0.15, -0.1) is 0 Å². The van der Waals surface area contributed by atoms with E-state index in [0.717, 1.165) is 33.9 Å². The van der Waals surface area contributed by atoms with E-state index >= 15 is 0 Å². The van der Waals surface area contributed by atoms with E-state index in [0.29, 0.717) is 43.2 Å². The average Bonchev–Trinajstić information content (AvgIpc) is 3.35. The molecule has 2 aromatic carbocycles. The number of allylic oxidation sites excluding steroid dienone is 1. The van der Waals surface area contributed by atoms with Crippen LogP contribution < -0.4 is 14.8 Å². The second-order valence-corrected chi connectivity index (χ2v) is 8.30. The zero-order valence-electron chi connectivity index (χ0n) is 20.4. The number of nitrogens with zero attached hydrogens (tertiary/aromatic N) is 3. The molecule has 1 aliphatic rings. The van der Waals surface area contributed by atoms with Crippen molar-refractivity contribution in [2.75, 3.05) is 33.5 Å². The molecule has 0 radical (unpaired) electrons. The predicted molar refractivity (Wildman–Crippen MR) is 138 cm³/mol. The van der Waals surface area contributed by atoms with Crippen LogP contribution in [0.15, 0.2) is 58.8 Å². The number of aromatic nitrogens is 2. The molecule has 0 amide bonds. The maximum atomic E-state index is 5.79. The molecule has 1 aromatic heterocycles. The summed E-state index contributed by atoms with van der Waals surface area (Å²) in [6.45, 7) is 8.29. The van der Waals surface area contributed by atoms with Gasteiger partial charge in [0, 0.05) is 24.9 Å². The van der Waals surface area contributed by atoms with Crippen LogP contribution in [0.25, 0.3) is 17.0 Å². The highest BCUT2D eigenvalue weighted by atomic mass is 32.1. The molecule has 1 atom stereocenters. The Balaban J connectivity index is 1.72. The molecule has 8 nitrogen and oxygen atoms in total. The minimum absolute atomic E-state index is 0.259. The van der Waals surface area contributed by atoms with Crippen LogP contribution in [0, 0.1) is 0 Å². The van der Waals surface area contributed by atoms with E-state index in [1.165, 1.54) is 0 Å². The molecule has 0 spiro atoms. The fourth-order valence-electron chi connectivity index (χ4n) is 4.00. The molecule has 0 fully saturated rings. The van der Waals surface area contributed by atoms with E-state index in [1.807, 2.05) is 74.2 Å². The Kier molecular flexibility index (Phi) is 7.99. The van der Waals surface area contributed by atoms with Gasteiger partial charge in [0.15, 0.2) is 5.11 Å². The monoisotopic (exact) mass is 494 g/mol. The summed E-state index contributed by atoms with van der Waals surface area (Å²) in [5, 5.41) is 8.33. The summed E-state index contributed by atoms with van der Waals surface area (Å²) in [5.74, 6) is 2.55. The van der Waals surface area contributed by atoms with E-state index in [4.69, 9.17) is 35.9 Å². The van der Waals surface area contributed by atoms with Gasteiger partial charge in [0.05, 0.1) is 31.4 Å². The number of ether oxygens (including phenoxy) is 3. The lowest BCUT2D eigenvalue weighted by atomic mass is 9.94. The number of rotatable bonds is 10. The number of hydrogen-bond donors (Lipinski definition) is 1. The van der Waals surface area contributed by atoms with Gasteiger partial charge in [-0.2, -0.15) is 4.98 Å². The maximum Gasteiger partial charge on any atom is 0.258 e. The molecule has 1 aliphatic heterocycles. The smallest absolute Gasteiger partial charge is 0.258 e. The quantitative estimate of drug-likeness (QED) is 0.398. The molecular weight excluding hydrogens is 464 g/mol. The first kappa shape index (κ1) is 24.7. The minimum atomic E-state index is -0.259. The summed E-state index contributed by atoms with van der Waals surface area (Å²) in [5.41, 5.74) is 3.65. The summed E-state index contributed by atoms with van der Waals surface area (Å²) in [6, 6.07) is 15.3. The topological polar surface area (TPSA) is 81.9 Å². The Morgan fingerprint density at radius 2 is 1.63 bits per heavy atom. The minimum Gasteiger partial charge on any atom is -0.494 e. The van der Waals surface area contributed by atoms with Gasteiger partial charge >= 0.3 is 0 Å². The normalized spacial score (nSPS) is 15.8. The van der Waals surface area contributed by atoms with Crippen molar-refractivity contribution in [3.05, 3.63) is 65.7 Å². The molecule has 9 heteroatoms. The van der Waals surface area contributed by atoms with Crippen LogP contribution in [0.4, 0.5) is 0 Å². The van der Waals surface area contributed by atoms with Gasteiger partial charge in [-0.05, 0) is 75.0 Å². The number of hydrogen-bond acceptors (Lipinski definition) is 7. The first-order chi connectivity index (χ1) is 17.0. The first-order valence-corrected chi connectivity index (χ1v) is 12.0. The Hall–Kier alpha value is -3.43. The summed E-state index contributed by atoms with van der Waals surface area (Å²) in [6.07, 6.45) is 0. The average molecular weight is 495 g/mol. The lowest BCUT2D eigenvalue weighted by Crippen LogP contribution is -2.47. The highest BCUT2D eigenvalue weighted by Crippen LogP contribution is 2.38. The third-order valence-corrected chi connectivity index (χ3v) is 6.06. The van der Waals surface area contributed by atoms with Crippen molar-refractivity contribution < 1.29 is 18.7 Å². The second-order valence-electron chi connectivity index (χ2n) is 7.91. The Morgan fingerprint density at radius 1 is 1.00 bits per heavy atom. The SMILES string of the molecule is CCOc1ccc(-c2noc(C3=C(C)N(CCOC)C(=S)NC3c3ccc(OCC)cc3)n2)cc1. The lowest BCUT2D eigenvalue weighted by Gasteiger charge is -2.37. The zero-order chi connectivity index (χ0) is 24.8. The molecule has 3 aromatic rings. The summed E-state index contributed by atoms with van der Waals surface area (Å²) in [7, 11) is 1.67. The third kappa shape index (κ3) is 5.47. The van der Waals surface area contributed by atoms with Crippen molar-refractivity contribution in [3.8, 4) is 22.9 Å². The zero-order valence-corrected chi connectivity index (χ0v) is 21.2. The highest BCUT2D eigenvalue weighted by Gasteiger charge is 2.34. The van der Waals surface area contributed by atoms with Crippen molar-refractivity contribution in [2.45, 2.75) is 26.8 Å². The number of methoxy groups -OCH3 is 1. The van der Waals surface area contributed by atoms with Crippen molar-refractivity contribution in [3.63, 3.8) is 0 Å². The molecule has 1 N–H and O–H groups in total. The van der Waals surface area contributed by atoms with Gasteiger partial charge in [0.2, 0.25) is 5.82 Å². The Morgan fingerprint density at radius 3 is 2.23 bits per heavy atom. The molecule has 0 bridgehead atoms. The highest BCUT2D eigenvalue weighted by molar-refractivity contribution is 7.80. The van der Waals surface area contributed by atoms with Crippen molar-refractivity contribution in [1.29, 1.82) is 0 Å². The summed E-state index contributed by atoms with van der Waals surface area (Å²) < 4.78 is 22.2. The van der Waals surface area contributed by atoms with Crippen LogP contribution in [0.3, 0.4) is 0 Å². The van der Waals surface area contributed by atoms with Crippen LogP contribution in [-0.2, 0) is 4.74 Å². The van der Waals surface area contributed by atoms with Gasteiger partial charge in [-0.1, -0.05) is 17.3 Å². The van der Waals surface area contributed by atoms with Gasteiger partial charge < -0.3 is 29.0 Å². The predicted octanol–water partition coefficient (Wildman–Crippen LogP) is 4.84. The van der Waals surface area contributed by atoms with E-state index in [9.17, 15) is 0 Å². The molecule has 2 heterocycles. The van der Waals surface area contributed by atoms with Crippen LogP contribution in [0.1, 0.15) is 38.3 Å². The van der Waals surface area contributed by atoms with Crippen molar-refractivity contribution in [2.24, 2.45) is 0 Å². The second kappa shape index (κ2) is 11.3. The van der Waals surface area contributed by atoms with Crippen LogP contribution in [-0.4, -0.2) is 53.6 Å². The lowest BCUT2D eigenvalue weighted by molar-refractivity contribution is 0.183. The van der Waals surface area contributed by atoms with Gasteiger partial charge in [0.1, 0.15) is 11.5 Å². The summed E-state index contributed by atoms with van der Waals surface area (Å²) in [4.78, 5) is 6.75. The number of thiocarbonyl (C=S) groups is 1. The molecule has 4 rings (SSSR count). The molecule has 0 aliphatic carbocycles. The third-order valence-electron chi connectivity index (χ3n) is 5.72. The molecule has 0 saturated carbocycles. The molecular formula is C26H30N4O4S. The number of benzene rings is 2. The van der Waals surface area contributed by atoms with Crippen molar-refractivity contribution in [1.82, 2.24) is 20.4 Å². The van der Waals surface area contributed by atoms with E-state index in [-0.39, 0.29) is 6.04 Å². The van der Waals surface area contributed by atoms with Crippen molar-refractivity contribution >= 4 is 22.9 Å². The fourth-order valence-corrected chi connectivity index (χ4v) is 4.35. The largest absolute Gasteiger partial charge is 0.494 e. The van der Waals surface area contributed by atoms with Gasteiger partial charge in [0.25, 0.3) is 5.89 Å². The maximum absolute atomic E-state index is 5.79. The van der Waals surface area contributed by atoms with E-state index in [2.05, 4.69) is 10.5 Å². The molecule has 1 unspecified atom stereocenters. The Labute approximate surface area is 210 Å². The first-order valence-electron chi connectivity index (χ1n) is 11.6. The summed E-state index contributed by atoms with van der Waals surface area (Å²) >= 11 is 5.70. The van der Waals surface area contributed by atoms with E-state index in [1.54, 1.807) is 7.11 Å². The fraction of sp³-hybridized carbons (Fsp3) is 0.346. The Bertz CT molecular complexity index is 1170. The standard InChI is InChI=1S/C26H30N4O4S/c1-5-32-20-11-7-18(8-12-20)23-22(17(3)30(15-16-31-4)26(35)27-23)25-28-24(29-34-25)19-9-13-21(14-10-19)33-6-2/h7-14,23H,5-6,15-16H2,1-4H3,(H,27,35). The molecule has 184 valence electrons. The number of nitrogens with one attached hydrogen (secondary N) is 1. The molecule has 35 heavy (non-hydrogen) atoms. The van der Waals surface area contributed by atoms with E-state index < -0.39 is 0 Å². The van der Waals surface area contributed by atoms with Crippen LogP contribution in [0.5, 0.6) is 11.5 Å².